The van der Waals surface area contributed by atoms with Crippen LogP contribution in [0, 0.1) is 0 Å². The van der Waals surface area contributed by atoms with Crippen LogP contribution >= 0.6 is 11.6 Å². The fourth-order valence-electron chi connectivity index (χ4n) is 1.86. The van der Waals surface area contributed by atoms with Crippen LogP contribution in [0.25, 0.3) is 0 Å². The van der Waals surface area contributed by atoms with E-state index in [1.807, 2.05) is 23.1 Å². The Morgan fingerprint density at radius 3 is 2.72 bits per heavy atom. The first-order chi connectivity index (χ1) is 8.63. The summed E-state index contributed by atoms with van der Waals surface area (Å²) in [4.78, 5) is 12.7. The zero-order chi connectivity index (χ0) is 13.4. The number of carboxylic acid groups (broad SMARTS) is 1. The lowest BCUT2D eigenvalue weighted by Crippen LogP contribution is -2.30. The van der Waals surface area contributed by atoms with Gasteiger partial charge < -0.3 is 10.0 Å². The number of anilines is 1. The average Bonchev–Trinajstić information content (AvgIpc) is 2.32. The number of halogens is 1. The molecular weight excluding hydrogens is 250 g/mol. The molecule has 1 aromatic carbocycles. The molecule has 4 heteroatoms. The molecule has 0 spiro atoms. The summed E-state index contributed by atoms with van der Waals surface area (Å²) in [6.07, 6.45) is 4.51. The minimum Gasteiger partial charge on any atom is -0.480 e. The highest BCUT2D eigenvalue weighted by molar-refractivity contribution is 6.30. The predicted octanol–water partition coefficient (Wildman–Crippen LogP) is 3.81. The van der Waals surface area contributed by atoms with Gasteiger partial charge in [0.25, 0.3) is 0 Å². The van der Waals surface area contributed by atoms with Gasteiger partial charge in [0.1, 0.15) is 6.54 Å². The van der Waals surface area contributed by atoms with Gasteiger partial charge in [-0.3, -0.25) is 4.79 Å². The van der Waals surface area contributed by atoms with E-state index in [0.29, 0.717) is 5.02 Å². The van der Waals surface area contributed by atoms with Crippen LogP contribution in [-0.4, -0.2) is 24.2 Å². The largest absolute Gasteiger partial charge is 0.480 e. The Balaban J connectivity index is 2.62. The average molecular weight is 270 g/mol. The molecule has 0 aromatic heterocycles. The topological polar surface area (TPSA) is 40.5 Å². The molecule has 0 atom stereocenters. The van der Waals surface area contributed by atoms with Gasteiger partial charge in [0.15, 0.2) is 0 Å². The second kappa shape index (κ2) is 7.98. The normalized spacial score (nSPS) is 10.3. The van der Waals surface area contributed by atoms with E-state index in [0.717, 1.165) is 25.1 Å². The summed E-state index contributed by atoms with van der Waals surface area (Å²) in [7, 11) is 0. The van der Waals surface area contributed by atoms with E-state index >= 15 is 0 Å². The second-order valence-electron chi connectivity index (χ2n) is 4.36. The number of rotatable bonds is 8. The standard InChI is InChI=1S/C14H20ClNO2/c1-2-3-4-5-9-16(11-14(17)18)13-8-6-7-12(15)10-13/h6-8,10H,2-5,9,11H2,1H3,(H,17,18). The van der Waals surface area contributed by atoms with Crippen molar-refractivity contribution in [3.63, 3.8) is 0 Å². The fourth-order valence-corrected chi connectivity index (χ4v) is 2.05. The Morgan fingerprint density at radius 2 is 2.11 bits per heavy atom. The van der Waals surface area contributed by atoms with Crippen molar-refractivity contribution in [3.05, 3.63) is 29.3 Å². The van der Waals surface area contributed by atoms with Crippen LogP contribution in [0.15, 0.2) is 24.3 Å². The number of carbonyl (C=O) groups is 1. The molecule has 0 bridgehead atoms. The van der Waals surface area contributed by atoms with Gasteiger partial charge >= 0.3 is 5.97 Å². The quantitative estimate of drug-likeness (QED) is 0.730. The molecule has 0 amide bonds. The number of carboxylic acids is 1. The highest BCUT2D eigenvalue weighted by Crippen LogP contribution is 2.20. The molecule has 1 N–H and O–H groups in total. The molecule has 0 aliphatic rings. The third-order valence-corrected chi connectivity index (χ3v) is 3.02. The van der Waals surface area contributed by atoms with Gasteiger partial charge in [-0.1, -0.05) is 43.9 Å². The third kappa shape index (κ3) is 5.41. The summed E-state index contributed by atoms with van der Waals surface area (Å²) in [5.74, 6) is -0.814. The number of hydrogen-bond donors (Lipinski definition) is 1. The summed E-state index contributed by atoms with van der Waals surface area (Å²) in [5, 5.41) is 9.58. The van der Waals surface area contributed by atoms with Gasteiger partial charge in [0.2, 0.25) is 0 Å². The zero-order valence-corrected chi connectivity index (χ0v) is 11.5. The SMILES string of the molecule is CCCCCCN(CC(=O)O)c1cccc(Cl)c1. The highest BCUT2D eigenvalue weighted by Gasteiger charge is 2.10. The van der Waals surface area contributed by atoms with E-state index < -0.39 is 5.97 Å². The third-order valence-electron chi connectivity index (χ3n) is 2.78. The molecule has 0 saturated heterocycles. The zero-order valence-electron chi connectivity index (χ0n) is 10.7. The van der Waals surface area contributed by atoms with Crippen LogP contribution in [0.5, 0.6) is 0 Å². The smallest absolute Gasteiger partial charge is 0.323 e. The molecule has 0 unspecified atom stereocenters. The number of benzene rings is 1. The van der Waals surface area contributed by atoms with Crippen LogP contribution in [0.2, 0.25) is 5.02 Å². The van der Waals surface area contributed by atoms with Gasteiger partial charge in [0, 0.05) is 17.3 Å². The predicted molar refractivity (Wildman–Crippen MR) is 75.4 cm³/mol. The Morgan fingerprint density at radius 1 is 1.33 bits per heavy atom. The van der Waals surface area contributed by atoms with Crippen LogP contribution in [-0.2, 0) is 4.79 Å². The van der Waals surface area contributed by atoms with Crippen LogP contribution < -0.4 is 4.90 Å². The molecule has 0 aliphatic carbocycles. The molecule has 0 radical (unpaired) electrons. The molecule has 18 heavy (non-hydrogen) atoms. The molecule has 1 aromatic rings. The fraction of sp³-hybridized carbons (Fsp3) is 0.500. The van der Waals surface area contributed by atoms with Crippen molar-refractivity contribution in [2.24, 2.45) is 0 Å². The Hall–Kier alpha value is -1.22. The molecule has 1 rings (SSSR count). The van der Waals surface area contributed by atoms with E-state index in [-0.39, 0.29) is 6.54 Å². The van der Waals surface area contributed by atoms with Crippen molar-refractivity contribution >= 4 is 23.3 Å². The first-order valence-corrected chi connectivity index (χ1v) is 6.73. The number of unbranched alkanes of at least 4 members (excludes halogenated alkanes) is 3. The van der Waals surface area contributed by atoms with Crippen molar-refractivity contribution in [3.8, 4) is 0 Å². The minimum atomic E-state index is -0.814. The maximum atomic E-state index is 10.9. The van der Waals surface area contributed by atoms with Gasteiger partial charge in [-0.15, -0.1) is 0 Å². The number of nitrogens with zero attached hydrogens (tertiary/aromatic N) is 1. The number of aliphatic carboxylic acids is 1. The summed E-state index contributed by atoms with van der Waals surface area (Å²) >= 11 is 5.94. The Kier molecular flexibility index (Phi) is 6.58. The van der Waals surface area contributed by atoms with E-state index in [4.69, 9.17) is 16.7 Å². The molecule has 3 nitrogen and oxygen atoms in total. The lowest BCUT2D eigenvalue weighted by Gasteiger charge is -2.23. The van der Waals surface area contributed by atoms with Gasteiger partial charge in [-0.2, -0.15) is 0 Å². The van der Waals surface area contributed by atoms with E-state index in [1.54, 1.807) is 6.07 Å². The molecule has 0 fully saturated rings. The van der Waals surface area contributed by atoms with Crippen molar-refractivity contribution in [1.29, 1.82) is 0 Å². The van der Waals surface area contributed by atoms with E-state index in [1.165, 1.54) is 12.8 Å². The lowest BCUT2D eigenvalue weighted by atomic mass is 10.2. The van der Waals surface area contributed by atoms with Crippen LogP contribution in [0.3, 0.4) is 0 Å². The number of hydrogen-bond acceptors (Lipinski definition) is 2. The Labute approximate surface area is 113 Å². The van der Waals surface area contributed by atoms with E-state index in [2.05, 4.69) is 6.92 Å². The summed E-state index contributed by atoms with van der Waals surface area (Å²) in [6.45, 7) is 2.94. The van der Waals surface area contributed by atoms with Crippen molar-refractivity contribution < 1.29 is 9.90 Å². The molecule has 0 aliphatic heterocycles. The molecular formula is C14H20ClNO2. The summed E-state index contributed by atoms with van der Waals surface area (Å²) in [5.41, 5.74) is 0.876. The van der Waals surface area contributed by atoms with Crippen LogP contribution in [0.4, 0.5) is 5.69 Å². The summed E-state index contributed by atoms with van der Waals surface area (Å²) in [6, 6.07) is 7.35. The van der Waals surface area contributed by atoms with Crippen molar-refractivity contribution in [2.45, 2.75) is 32.6 Å². The second-order valence-corrected chi connectivity index (χ2v) is 4.79. The first-order valence-electron chi connectivity index (χ1n) is 6.35. The van der Waals surface area contributed by atoms with Crippen LogP contribution in [0.1, 0.15) is 32.6 Å². The van der Waals surface area contributed by atoms with Gasteiger partial charge in [-0.05, 0) is 24.6 Å². The lowest BCUT2D eigenvalue weighted by molar-refractivity contribution is -0.135. The monoisotopic (exact) mass is 269 g/mol. The summed E-state index contributed by atoms with van der Waals surface area (Å²) < 4.78 is 0. The maximum Gasteiger partial charge on any atom is 0.323 e. The molecule has 0 saturated carbocycles. The first kappa shape index (κ1) is 14.8. The van der Waals surface area contributed by atoms with E-state index in [9.17, 15) is 4.79 Å². The Bertz CT molecular complexity index is 382. The maximum absolute atomic E-state index is 10.9. The van der Waals surface area contributed by atoms with Crippen molar-refractivity contribution in [2.75, 3.05) is 18.0 Å². The van der Waals surface area contributed by atoms with Gasteiger partial charge in [0.05, 0.1) is 0 Å². The van der Waals surface area contributed by atoms with Crippen molar-refractivity contribution in [1.82, 2.24) is 0 Å². The van der Waals surface area contributed by atoms with Gasteiger partial charge in [-0.25, -0.2) is 0 Å². The minimum absolute atomic E-state index is 0.0203. The molecule has 100 valence electrons. The highest BCUT2D eigenvalue weighted by atomic mass is 35.5. The molecule has 0 heterocycles.